The molecule has 174 valence electrons. The van der Waals surface area contributed by atoms with Crippen molar-refractivity contribution in [3.63, 3.8) is 0 Å². The van der Waals surface area contributed by atoms with Gasteiger partial charge in [-0.2, -0.15) is 13.2 Å². The molecular weight excluding hydrogens is 433 g/mol. The van der Waals surface area contributed by atoms with Gasteiger partial charge >= 0.3 is 6.18 Å². The fourth-order valence-corrected chi connectivity index (χ4v) is 4.81. The number of hydrogen-bond donors (Lipinski definition) is 3. The van der Waals surface area contributed by atoms with Crippen molar-refractivity contribution in [2.24, 2.45) is 0 Å². The van der Waals surface area contributed by atoms with Crippen molar-refractivity contribution in [2.75, 3.05) is 26.6 Å². The van der Waals surface area contributed by atoms with Gasteiger partial charge in [0.2, 0.25) is 0 Å². The lowest BCUT2D eigenvalue weighted by atomic mass is 9.91. The minimum atomic E-state index is -4.54. The number of benzene rings is 1. The summed E-state index contributed by atoms with van der Waals surface area (Å²) in [6.45, 7) is 0.884. The van der Waals surface area contributed by atoms with Crippen molar-refractivity contribution >= 4 is 17.7 Å². The van der Waals surface area contributed by atoms with Crippen LogP contribution < -0.4 is 15.4 Å². The molecule has 1 amide bonds. The van der Waals surface area contributed by atoms with Crippen molar-refractivity contribution in [2.45, 2.75) is 67.4 Å². The van der Waals surface area contributed by atoms with Gasteiger partial charge in [0.15, 0.2) is 0 Å². The maximum absolute atomic E-state index is 13.2. The van der Waals surface area contributed by atoms with Crippen LogP contribution in [0.3, 0.4) is 0 Å². The van der Waals surface area contributed by atoms with Crippen LogP contribution in [0.2, 0.25) is 0 Å². The lowest BCUT2D eigenvalue weighted by Crippen LogP contribution is -2.57. The minimum Gasteiger partial charge on any atom is -0.496 e. The van der Waals surface area contributed by atoms with E-state index in [9.17, 15) is 23.1 Å². The van der Waals surface area contributed by atoms with Gasteiger partial charge in [-0.1, -0.05) is 0 Å². The van der Waals surface area contributed by atoms with Crippen molar-refractivity contribution < 1.29 is 32.5 Å². The van der Waals surface area contributed by atoms with Crippen LogP contribution in [0.5, 0.6) is 5.75 Å². The first-order valence-electron chi connectivity index (χ1n) is 10.4. The fraction of sp³-hybridized carbons (Fsp3) is 0.667. The number of aliphatic hydroxyl groups is 1. The number of alkyl halides is 3. The zero-order valence-electron chi connectivity index (χ0n) is 17.6. The third kappa shape index (κ3) is 6.06. The number of rotatable bonds is 6. The number of amides is 1. The third-order valence-electron chi connectivity index (χ3n) is 5.88. The van der Waals surface area contributed by atoms with Crippen LogP contribution in [0.15, 0.2) is 17.0 Å². The molecule has 1 saturated heterocycles. The summed E-state index contributed by atoms with van der Waals surface area (Å²) in [6, 6.07) is 1.75. The minimum absolute atomic E-state index is 0.0175. The van der Waals surface area contributed by atoms with E-state index < -0.39 is 17.6 Å². The summed E-state index contributed by atoms with van der Waals surface area (Å²) < 4.78 is 50.4. The summed E-state index contributed by atoms with van der Waals surface area (Å²) in [7, 11) is 1.25. The van der Waals surface area contributed by atoms with E-state index in [1.807, 2.05) is 0 Å². The first-order chi connectivity index (χ1) is 14.7. The Morgan fingerprint density at radius 1 is 1.19 bits per heavy atom. The average molecular weight is 463 g/mol. The smallest absolute Gasteiger partial charge is 0.416 e. The molecule has 0 bridgehead atoms. The quantitative estimate of drug-likeness (QED) is 0.564. The number of carbonyl (C=O) groups excluding carboxylic acids is 1. The number of nitrogens with one attached hydrogen (secondary N) is 2. The summed E-state index contributed by atoms with van der Waals surface area (Å²) in [5.41, 5.74) is -0.765. The molecule has 1 aliphatic heterocycles. The van der Waals surface area contributed by atoms with Gasteiger partial charge in [-0.25, -0.2) is 0 Å². The second-order valence-electron chi connectivity index (χ2n) is 7.98. The maximum Gasteiger partial charge on any atom is 0.416 e. The van der Waals surface area contributed by atoms with Gasteiger partial charge in [0.1, 0.15) is 5.75 Å². The van der Waals surface area contributed by atoms with Gasteiger partial charge in [-0.3, -0.25) is 4.79 Å². The molecule has 1 aromatic rings. The lowest BCUT2D eigenvalue weighted by molar-refractivity contribution is -0.137. The van der Waals surface area contributed by atoms with Gasteiger partial charge in [-0.15, -0.1) is 11.8 Å². The summed E-state index contributed by atoms with van der Waals surface area (Å²) >= 11 is 1.06. The lowest BCUT2D eigenvalue weighted by Gasteiger charge is -2.37. The number of methoxy groups -OCH3 is 1. The third-order valence-corrected chi connectivity index (χ3v) is 6.64. The van der Waals surface area contributed by atoms with E-state index in [1.54, 1.807) is 6.26 Å². The molecule has 1 aliphatic carbocycles. The molecule has 2 fully saturated rings. The molecule has 0 spiro atoms. The van der Waals surface area contributed by atoms with Gasteiger partial charge in [0, 0.05) is 23.6 Å². The van der Waals surface area contributed by atoms with Crippen LogP contribution in [0.4, 0.5) is 13.2 Å². The molecule has 0 unspecified atom stereocenters. The van der Waals surface area contributed by atoms with Crippen LogP contribution in [-0.4, -0.2) is 61.8 Å². The largest absolute Gasteiger partial charge is 0.496 e. The molecular formula is C21H29F3N2O4S. The van der Waals surface area contributed by atoms with E-state index in [4.69, 9.17) is 9.47 Å². The maximum atomic E-state index is 13.2. The molecule has 2 atom stereocenters. The van der Waals surface area contributed by atoms with Crippen LogP contribution in [0.1, 0.15) is 48.0 Å². The first kappa shape index (κ1) is 24.2. The molecule has 6 nitrogen and oxygen atoms in total. The normalized spacial score (nSPS) is 27.0. The highest BCUT2D eigenvalue weighted by molar-refractivity contribution is 7.98. The summed E-state index contributed by atoms with van der Waals surface area (Å²) in [6.07, 6.45) is 0.772. The number of hydrogen-bond acceptors (Lipinski definition) is 6. The van der Waals surface area contributed by atoms with Crippen molar-refractivity contribution in [1.29, 1.82) is 0 Å². The molecule has 31 heavy (non-hydrogen) atoms. The Balaban J connectivity index is 1.77. The van der Waals surface area contributed by atoms with E-state index in [0.717, 1.165) is 49.6 Å². The summed E-state index contributed by atoms with van der Waals surface area (Å²) in [5.74, 6) is -0.601. The Kier molecular flexibility index (Phi) is 8.12. The number of thioether (sulfide) groups is 1. The predicted octanol–water partition coefficient (Wildman–Crippen LogP) is 3.22. The van der Waals surface area contributed by atoms with E-state index in [-0.39, 0.29) is 40.4 Å². The van der Waals surface area contributed by atoms with Crippen LogP contribution >= 0.6 is 11.8 Å². The predicted molar refractivity (Wildman–Crippen MR) is 112 cm³/mol. The second-order valence-corrected chi connectivity index (χ2v) is 8.82. The molecule has 3 rings (SSSR count). The molecule has 1 saturated carbocycles. The molecule has 1 heterocycles. The van der Waals surface area contributed by atoms with E-state index >= 15 is 0 Å². The molecule has 10 heteroatoms. The van der Waals surface area contributed by atoms with Crippen molar-refractivity contribution in [3.8, 4) is 5.75 Å². The van der Waals surface area contributed by atoms with E-state index in [2.05, 4.69) is 10.6 Å². The number of halogens is 3. The monoisotopic (exact) mass is 462 g/mol. The molecule has 0 radical (unpaired) electrons. The molecule has 2 aliphatic rings. The highest BCUT2D eigenvalue weighted by Crippen LogP contribution is 2.38. The Hall–Kier alpha value is -1.49. The van der Waals surface area contributed by atoms with E-state index in [0.29, 0.717) is 19.6 Å². The molecule has 0 aromatic heterocycles. The zero-order chi connectivity index (χ0) is 22.6. The van der Waals surface area contributed by atoms with Gasteiger partial charge in [0.25, 0.3) is 5.91 Å². The zero-order valence-corrected chi connectivity index (χ0v) is 18.4. The summed E-state index contributed by atoms with van der Waals surface area (Å²) in [4.78, 5) is 13.3. The van der Waals surface area contributed by atoms with Crippen molar-refractivity contribution in [1.82, 2.24) is 10.6 Å². The van der Waals surface area contributed by atoms with Gasteiger partial charge < -0.3 is 25.2 Å². The van der Waals surface area contributed by atoms with Gasteiger partial charge in [0.05, 0.1) is 37.0 Å². The Bertz CT molecular complexity index is 744. The molecule has 1 aromatic carbocycles. The summed E-state index contributed by atoms with van der Waals surface area (Å²) in [5, 5.41) is 16.2. The van der Waals surface area contributed by atoms with E-state index in [1.165, 1.54) is 7.11 Å². The standard InChI is InChI=1S/C21H29F3N2O4S/c1-29-17-9-12(21(22,23)24)10-18(31-2)19(17)20(28)26-16-11-30-8-7-15(16)25-13-3-5-14(27)6-4-13/h9-10,13-16,25,27H,3-8,11H2,1-2H3,(H,26,28)/t13?,14?,15-,16-/m1/s1. The number of ether oxygens (including phenoxy) is 2. The average Bonchev–Trinajstić information content (AvgIpc) is 2.74. The number of carbonyl (C=O) groups is 1. The van der Waals surface area contributed by atoms with Crippen LogP contribution in [0.25, 0.3) is 0 Å². The Morgan fingerprint density at radius 3 is 2.52 bits per heavy atom. The molecule has 3 N–H and O–H groups in total. The Morgan fingerprint density at radius 2 is 1.90 bits per heavy atom. The topological polar surface area (TPSA) is 79.8 Å². The highest BCUT2D eigenvalue weighted by Gasteiger charge is 2.35. The van der Waals surface area contributed by atoms with Crippen LogP contribution in [-0.2, 0) is 10.9 Å². The second kappa shape index (κ2) is 10.4. The van der Waals surface area contributed by atoms with Crippen LogP contribution in [0, 0.1) is 0 Å². The number of aliphatic hydroxyl groups excluding tert-OH is 1. The van der Waals surface area contributed by atoms with Gasteiger partial charge in [-0.05, 0) is 50.5 Å². The van der Waals surface area contributed by atoms with Crippen molar-refractivity contribution in [3.05, 3.63) is 23.3 Å². The first-order valence-corrected chi connectivity index (χ1v) is 11.6. The SMILES string of the molecule is COc1cc(C(F)(F)F)cc(SC)c1C(=O)N[C@@H]1COCC[C@H]1NC1CCC(O)CC1. The Labute approximate surface area is 184 Å². The fourth-order valence-electron chi connectivity index (χ4n) is 4.16. The highest BCUT2D eigenvalue weighted by atomic mass is 32.2.